The van der Waals surface area contributed by atoms with Crippen molar-refractivity contribution < 1.29 is 27.8 Å². The highest BCUT2D eigenvalue weighted by molar-refractivity contribution is 6.32. The maximum atomic E-state index is 13.6. The molecular formula is C18H13ClF2N2O4. The molecule has 0 aromatic heterocycles. The van der Waals surface area contributed by atoms with Gasteiger partial charge in [-0.1, -0.05) is 17.7 Å². The second-order valence-electron chi connectivity index (χ2n) is 6.39. The molecule has 1 atom stereocenters. The number of nitrogens with zero attached hydrogens (tertiary/aromatic N) is 1. The van der Waals surface area contributed by atoms with Gasteiger partial charge in [0.2, 0.25) is 6.79 Å². The number of rotatable bonds is 3. The molecule has 3 amide bonds. The van der Waals surface area contributed by atoms with Gasteiger partial charge >= 0.3 is 6.03 Å². The van der Waals surface area contributed by atoms with Gasteiger partial charge < -0.3 is 14.8 Å². The van der Waals surface area contributed by atoms with Crippen LogP contribution in [0.4, 0.5) is 13.6 Å². The third-order valence-corrected chi connectivity index (χ3v) is 4.88. The Hall–Kier alpha value is -2.87. The number of hydrogen-bond donors (Lipinski definition) is 1. The molecule has 140 valence electrons. The van der Waals surface area contributed by atoms with Gasteiger partial charge in [0.15, 0.2) is 23.1 Å². The van der Waals surface area contributed by atoms with E-state index in [2.05, 4.69) is 5.32 Å². The topological polar surface area (TPSA) is 67.9 Å². The average Bonchev–Trinajstić information content (AvgIpc) is 3.17. The molecule has 2 aliphatic rings. The highest BCUT2D eigenvalue weighted by Gasteiger charge is 2.49. The number of ether oxygens (including phenoxy) is 2. The van der Waals surface area contributed by atoms with E-state index >= 15 is 0 Å². The number of amides is 3. The van der Waals surface area contributed by atoms with Crippen LogP contribution in [0.3, 0.4) is 0 Å². The van der Waals surface area contributed by atoms with Gasteiger partial charge in [0, 0.05) is 0 Å². The van der Waals surface area contributed by atoms with E-state index in [1.807, 2.05) is 0 Å². The van der Waals surface area contributed by atoms with E-state index in [0.717, 1.165) is 17.0 Å². The van der Waals surface area contributed by atoms with Crippen LogP contribution in [0.2, 0.25) is 5.02 Å². The van der Waals surface area contributed by atoms with Gasteiger partial charge in [-0.3, -0.25) is 9.69 Å². The summed E-state index contributed by atoms with van der Waals surface area (Å²) in [5.74, 6) is -1.90. The van der Waals surface area contributed by atoms with Gasteiger partial charge in [-0.2, -0.15) is 0 Å². The van der Waals surface area contributed by atoms with Crippen molar-refractivity contribution in [3.63, 3.8) is 0 Å². The van der Waals surface area contributed by atoms with Crippen LogP contribution in [-0.4, -0.2) is 23.6 Å². The summed E-state index contributed by atoms with van der Waals surface area (Å²) in [6.45, 7) is 1.41. The van der Waals surface area contributed by atoms with Crippen LogP contribution < -0.4 is 14.8 Å². The monoisotopic (exact) mass is 394 g/mol. The second-order valence-corrected chi connectivity index (χ2v) is 6.79. The third kappa shape index (κ3) is 2.76. The normalized spacial score (nSPS) is 21.0. The first kappa shape index (κ1) is 17.5. The molecule has 2 aromatic carbocycles. The number of fused-ring (bicyclic) bond motifs is 1. The molecule has 0 spiro atoms. The molecule has 0 bridgehead atoms. The lowest BCUT2D eigenvalue weighted by molar-refractivity contribution is -0.131. The predicted molar refractivity (Wildman–Crippen MR) is 90.4 cm³/mol. The highest BCUT2D eigenvalue weighted by Crippen LogP contribution is 2.40. The van der Waals surface area contributed by atoms with Crippen LogP contribution in [0.15, 0.2) is 30.3 Å². The summed E-state index contributed by atoms with van der Waals surface area (Å²) in [6.07, 6.45) is 0. The number of urea groups is 1. The predicted octanol–water partition coefficient (Wildman–Crippen LogP) is 3.31. The maximum absolute atomic E-state index is 13.6. The fourth-order valence-electron chi connectivity index (χ4n) is 3.14. The highest BCUT2D eigenvalue weighted by atomic mass is 35.5. The summed E-state index contributed by atoms with van der Waals surface area (Å²) in [5.41, 5.74) is -0.806. The van der Waals surface area contributed by atoms with Crippen LogP contribution >= 0.6 is 11.6 Å². The van der Waals surface area contributed by atoms with Crippen molar-refractivity contribution in [1.29, 1.82) is 0 Å². The summed E-state index contributed by atoms with van der Waals surface area (Å²) >= 11 is 6.13. The molecule has 6 nitrogen and oxygen atoms in total. The number of carbonyl (C=O) groups is 2. The van der Waals surface area contributed by atoms with E-state index in [1.54, 1.807) is 12.1 Å². The first-order valence-corrected chi connectivity index (χ1v) is 8.35. The molecule has 0 unspecified atom stereocenters. The van der Waals surface area contributed by atoms with Crippen molar-refractivity contribution in [3.05, 3.63) is 58.1 Å². The van der Waals surface area contributed by atoms with Crippen molar-refractivity contribution in [2.45, 2.75) is 19.0 Å². The minimum Gasteiger partial charge on any atom is -0.454 e. The van der Waals surface area contributed by atoms with Crippen LogP contribution in [0.25, 0.3) is 0 Å². The van der Waals surface area contributed by atoms with Gasteiger partial charge in [0.1, 0.15) is 5.54 Å². The lowest BCUT2D eigenvalue weighted by Gasteiger charge is -2.22. The molecule has 1 fully saturated rings. The number of halogens is 3. The Morgan fingerprint density at radius 3 is 2.70 bits per heavy atom. The molecule has 0 aliphatic carbocycles. The summed E-state index contributed by atoms with van der Waals surface area (Å²) in [6, 6.07) is 5.62. The van der Waals surface area contributed by atoms with Crippen molar-refractivity contribution in [3.8, 4) is 11.5 Å². The summed E-state index contributed by atoms with van der Waals surface area (Å²) in [4.78, 5) is 26.3. The average molecular weight is 395 g/mol. The minimum atomic E-state index is -1.51. The Morgan fingerprint density at radius 1 is 1.19 bits per heavy atom. The van der Waals surface area contributed by atoms with E-state index in [0.29, 0.717) is 22.1 Å². The molecule has 0 radical (unpaired) electrons. The van der Waals surface area contributed by atoms with E-state index in [4.69, 9.17) is 21.1 Å². The first-order chi connectivity index (χ1) is 12.8. The van der Waals surface area contributed by atoms with Crippen molar-refractivity contribution in [2.75, 3.05) is 6.79 Å². The van der Waals surface area contributed by atoms with Gasteiger partial charge in [-0.15, -0.1) is 0 Å². The van der Waals surface area contributed by atoms with Crippen LogP contribution in [0.5, 0.6) is 11.5 Å². The number of hydrogen-bond acceptors (Lipinski definition) is 4. The molecule has 1 N–H and O–H groups in total. The zero-order valence-corrected chi connectivity index (χ0v) is 14.8. The SMILES string of the molecule is C[C@]1(c2ccc(F)c(F)c2)NC(=O)N(Cc2cc(Cl)c3c(c2)OCO3)C1=O. The van der Waals surface area contributed by atoms with Crippen molar-refractivity contribution in [2.24, 2.45) is 0 Å². The Morgan fingerprint density at radius 2 is 1.96 bits per heavy atom. The lowest BCUT2D eigenvalue weighted by Crippen LogP contribution is -2.41. The number of nitrogens with one attached hydrogen (secondary N) is 1. The van der Waals surface area contributed by atoms with E-state index in [9.17, 15) is 18.4 Å². The van der Waals surface area contributed by atoms with E-state index in [1.165, 1.54) is 13.0 Å². The second kappa shape index (κ2) is 6.09. The van der Waals surface area contributed by atoms with Crippen molar-refractivity contribution in [1.82, 2.24) is 10.2 Å². The standard InChI is InChI=1S/C18H13ClF2N2O4/c1-18(10-2-3-12(20)13(21)6-10)16(24)23(17(25)22-18)7-9-4-11(19)15-14(5-9)26-8-27-15/h2-6H,7-8H2,1H3,(H,22,25)/t18-/m1/s1. The molecular weight excluding hydrogens is 382 g/mol. The van der Waals surface area contributed by atoms with Gasteiger partial charge in [0.05, 0.1) is 11.6 Å². The fraction of sp³-hybridized carbons (Fsp3) is 0.222. The fourth-order valence-corrected chi connectivity index (χ4v) is 3.43. The molecule has 1 saturated heterocycles. The molecule has 2 heterocycles. The van der Waals surface area contributed by atoms with E-state index in [-0.39, 0.29) is 18.9 Å². The molecule has 0 saturated carbocycles. The summed E-state index contributed by atoms with van der Waals surface area (Å²) in [5, 5.41) is 2.84. The number of imide groups is 1. The quantitative estimate of drug-likeness (QED) is 0.811. The summed E-state index contributed by atoms with van der Waals surface area (Å²) in [7, 11) is 0. The third-order valence-electron chi connectivity index (χ3n) is 4.60. The molecule has 27 heavy (non-hydrogen) atoms. The van der Waals surface area contributed by atoms with Gasteiger partial charge in [-0.05, 0) is 42.3 Å². The van der Waals surface area contributed by atoms with E-state index < -0.39 is 29.1 Å². The zero-order chi connectivity index (χ0) is 19.3. The zero-order valence-electron chi connectivity index (χ0n) is 14.0. The summed E-state index contributed by atoms with van der Waals surface area (Å²) < 4.78 is 37.3. The van der Waals surface area contributed by atoms with Gasteiger partial charge in [-0.25, -0.2) is 13.6 Å². The minimum absolute atomic E-state index is 0.0375. The number of benzene rings is 2. The Labute approximate surface area is 157 Å². The smallest absolute Gasteiger partial charge is 0.325 e. The van der Waals surface area contributed by atoms with Gasteiger partial charge in [0.25, 0.3) is 5.91 Å². The largest absolute Gasteiger partial charge is 0.454 e. The Bertz CT molecular complexity index is 984. The van der Waals surface area contributed by atoms with Crippen LogP contribution in [-0.2, 0) is 16.9 Å². The number of carbonyl (C=O) groups excluding carboxylic acids is 2. The Kier molecular flexibility index (Phi) is 3.96. The van der Waals surface area contributed by atoms with Crippen molar-refractivity contribution >= 4 is 23.5 Å². The molecule has 2 aliphatic heterocycles. The molecule has 4 rings (SSSR count). The van der Waals surface area contributed by atoms with Crippen LogP contribution in [0.1, 0.15) is 18.1 Å². The Balaban J connectivity index is 1.63. The van der Waals surface area contributed by atoms with Crippen LogP contribution in [0, 0.1) is 11.6 Å². The lowest BCUT2D eigenvalue weighted by atomic mass is 9.92. The maximum Gasteiger partial charge on any atom is 0.325 e. The molecule has 2 aromatic rings. The first-order valence-electron chi connectivity index (χ1n) is 7.97. The molecule has 9 heteroatoms.